The number of carbonyl (C=O) groups is 2. The fourth-order valence-corrected chi connectivity index (χ4v) is 1.92. The van der Waals surface area contributed by atoms with Crippen LogP contribution >= 0.6 is 0 Å². The van der Waals surface area contributed by atoms with Gasteiger partial charge in [-0.2, -0.15) is 0 Å². The molecule has 0 radical (unpaired) electrons. The lowest BCUT2D eigenvalue weighted by atomic mass is 10.1. The number of likely N-dealkylation sites (tertiary alicyclic amines) is 1. The zero-order chi connectivity index (χ0) is 11.5. The predicted molar refractivity (Wildman–Crippen MR) is 56.8 cm³/mol. The minimum Gasteiger partial charge on any atom is -0.481 e. The van der Waals surface area contributed by atoms with E-state index >= 15 is 0 Å². The molecule has 0 aromatic carbocycles. The van der Waals surface area contributed by atoms with Gasteiger partial charge in [0.2, 0.25) is 5.91 Å². The van der Waals surface area contributed by atoms with Crippen molar-refractivity contribution in [1.29, 1.82) is 0 Å². The summed E-state index contributed by atoms with van der Waals surface area (Å²) in [4.78, 5) is 24.2. The topological polar surface area (TPSA) is 62.5 Å². The molecule has 16 heavy (non-hydrogen) atoms. The van der Waals surface area contributed by atoms with Gasteiger partial charge >= 0.3 is 5.97 Å². The van der Waals surface area contributed by atoms with E-state index in [9.17, 15) is 9.59 Å². The van der Waals surface area contributed by atoms with Crippen molar-refractivity contribution in [2.45, 2.75) is 13.0 Å². The molecule has 1 aromatic rings. The van der Waals surface area contributed by atoms with Gasteiger partial charge in [-0.1, -0.05) is 0 Å². The Kier molecular flexibility index (Phi) is 2.94. The summed E-state index contributed by atoms with van der Waals surface area (Å²) in [6.45, 7) is 1.19. The molecule has 1 atom stereocenters. The van der Waals surface area contributed by atoms with Gasteiger partial charge in [0.1, 0.15) is 6.54 Å². The van der Waals surface area contributed by atoms with Crippen molar-refractivity contribution in [3.05, 3.63) is 24.5 Å². The van der Waals surface area contributed by atoms with Crippen LogP contribution in [0, 0.1) is 5.92 Å². The molecule has 0 aliphatic carbocycles. The Morgan fingerprint density at radius 2 is 2.00 bits per heavy atom. The maximum atomic E-state index is 11.8. The van der Waals surface area contributed by atoms with Crippen molar-refractivity contribution in [3.8, 4) is 0 Å². The third kappa shape index (κ3) is 2.24. The summed E-state index contributed by atoms with van der Waals surface area (Å²) in [5.74, 6) is -1.22. The second-order valence-electron chi connectivity index (χ2n) is 4.02. The molecule has 1 aliphatic heterocycles. The van der Waals surface area contributed by atoms with E-state index in [0.717, 1.165) is 0 Å². The largest absolute Gasteiger partial charge is 0.481 e. The van der Waals surface area contributed by atoms with Crippen molar-refractivity contribution in [1.82, 2.24) is 9.47 Å². The first kappa shape index (κ1) is 10.7. The highest BCUT2D eigenvalue weighted by Gasteiger charge is 2.30. The van der Waals surface area contributed by atoms with Gasteiger partial charge in [-0.05, 0) is 18.6 Å². The summed E-state index contributed by atoms with van der Waals surface area (Å²) in [6.07, 6.45) is 4.21. The molecule has 1 saturated heterocycles. The molecular formula is C11H14N2O3. The van der Waals surface area contributed by atoms with Crippen LogP contribution in [0.2, 0.25) is 0 Å². The number of aliphatic carboxylic acids is 1. The predicted octanol–water partition coefficient (Wildman–Crippen LogP) is 0.421. The molecule has 86 valence electrons. The average Bonchev–Trinajstić information content (AvgIpc) is 2.86. The van der Waals surface area contributed by atoms with Gasteiger partial charge in [0.15, 0.2) is 0 Å². The second-order valence-corrected chi connectivity index (χ2v) is 4.02. The summed E-state index contributed by atoms with van der Waals surface area (Å²) in [6, 6.07) is 3.72. The Bertz CT molecular complexity index is 386. The number of aromatic nitrogens is 1. The average molecular weight is 222 g/mol. The molecule has 5 nitrogen and oxygen atoms in total. The molecule has 1 N–H and O–H groups in total. The number of carbonyl (C=O) groups excluding carboxylic acids is 1. The molecule has 1 amide bonds. The van der Waals surface area contributed by atoms with Crippen molar-refractivity contribution >= 4 is 11.9 Å². The van der Waals surface area contributed by atoms with E-state index in [1.807, 2.05) is 24.5 Å². The van der Waals surface area contributed by atoms with Gasteiger partial charge in [-0.3, -0.25) is 9.59 Å². The third-order valence-electron chi connectivity index (χ3n) is 2.87. The molecular weight excluding hydrogens is 208 g/mol. The molecule has 2 heterocycles. The standard InChI is InChI=1S/C11H14N2O3/c14-10(8-12-4-1-2-5-12)13-6-3-9(7-13)11(15)16/h1-2,4-5,9H,3,6-8H2,(H,15,16)/t9-/m0/s1. The van der Waals surface area contributed by atoms with Gasteiger partial charge in [-0.15, -0.1) is 0 Å². The van der Waals surface area contributed by atoms with Crippen molar-refractivity contribution in [3.63, 3.8) is 0 Å². The highest BCUT2D eigenvalue weighted by molar-refractivity contribution is 5.78. The van der Waals surface area contributed by atoms with Crippen LogP contribution in [-0.4, -0.2) is 39.5 Å². The van der Waals surface area contributed by atoms with Crippen LogP contribution in [0.3, 0.4) is 0 Å². The monoisotopic (exact) mass is 222 g/mol. The quantitative estimate of drug-likeness (QED) is 0.806. The minimum absolute atomic E-state index is 0.0139. The van der Waals surface area contributed by atoms with Crippen LogP contribution in [-0.2, 0) is 16.1 Å². The number of hydrogen-bond donors (Lipinski definition) is 1. The summed E-state index contributed by atoms with van der Waals surface area (Å²) >= 11 is 0. The highest BCUT2D eigenvalue weighted by atomic mass is 16.4. The van der Waals surface area contributed by atoms with Crippen molar-refractivity contribution in [2.75, 3.05) is 13.1 Å². The smallest absolute Gasteiger partial charge is 0.308 e. The number of nitrogens with zero attached hydrogens (tertiary/aromatic N) is 2. The first-order chi connectivity index (χ1) is 7.66. The van der Waals surface area contributed by atoms with Crippen LogP contribution in [0.25, 0.3) is 0 Å². The maximum Gasteiger partial charge on any atom is 0.308 e. The van der Waals surface area contributed by atoms with Crippen LogP contribution in [0.4, 0.5) is 0 Å². The van der Waals surface area contributed by atoms with Gasteiger partial charge in [-0.25, -0.2) is 0 Å². The van der Waals surface area contributed by atoms with Crippen molar-refractivity contribution in [2.24, 2.45) is 5.92 Å². The lowest BCUT2D eigenvalue weighted by Crippen LogP contribution is -2.32. The molecule has 1 fully saturated rings. The normalized spacial score (nSPS) is 20.0. The zero-order valence-electron chi connectivity index (χ0n) is 8.87. The number of carboxylic acid groups (broad SMARTS) is 1. The van der Waals surface area contributed by atoms with E-state index in [0.29, 0.717) is 26.1 Å². The fraction of sp³-hybridized carbons (Fsp3) is 0.455. The fourth-order valence-electron chi connectivity index (χ4n) is 1.92. The Labute approximate surface area is 93.3 Å². The Balaban J connectivity index is 1.90. The Morgan fingerprint density at radius 3 is 2.56 bits per heavy atom. The van der Waals surface area contributed by atoms with E-state index in [-0.39, 0.29) is 5.91 Å². The first-order valence-corrected chi connectivity index (χ1v) is 5.28. The SMILES string of the molecule is O=C(O)[C@H]1CCN(C(=O)Cn2cccc2)C1. The Morgan fingerprint density at radius 1 is 1.31 bits per heavy atom. The molecule has 1 aromatic heterocycles. The van der Waals surface area contributed by atoms with Crippen LogP contribution in [0.15, 0.2) is 24.5 Å². The minimum atomic E-state index is -0.809. The second kappa shape index (κ2) is 4.38. The molecule has 0 bridgehead atoms. The van der Waals surface area contributed by atoms with Crippen LogP contribution in [0.1, 0.15) is 6.42 Å². The summed E-state index contributed by atoms with van der Waals surface area (Å²) in [5, 5.41) is 8.83. The first-order valence-electron chi connectivity index (χ1n) is 5.28. The number of rotatable bonds is 3. The zero-order valence-corrected chi connectivity index (χ0v) is 8.87. The van der Waals surface area contributed by atoms with E-state index in [4.69, 9.17) is 5.11 Å². The van der Waals surface area contributed by atoms with Gasteiger partial charge in [0.05, 0.1) is 5.92 Å². The number of amides is 1. The van der Waals surface area contributed by atoms with Gasteiger partial charge in [0.25, 0.3) is 0 Å². The van der Waals surface area contributed by atoms with E-state index in [1.165, 1.54) is 0 Å². The lowest BCUT2D eigenvalue weighted by molar-refractivity contribution is -0.141. The maximum absolute atomic E-state index is 11.8. The Hall–Kier alpha value is -1.78. The van der Waals surface area contributed by atoms with Crippen LogP contribution < -0.4 is 0 Å². The third-order valence-corrected chi connectivity index (χ3v) is 2.87. The lowest BCUT2D eigenvalue weighted by Gasteiger charge is -2.15. The van der Waals surface area contributed by atoms with Gasteiger partial charge < -0.3 is 14.6 Å². The highest BCUT2D eigenvalue weighted by Crippen LogP contribution is 2.16. The molecule has 5 heteroatoms. The van der Waals surface area contributed by atoms with E-state index in [1.54, 1.807) is 9.47 Å². The molecule has 2 rings (SSSR count). The molecule has 0 saturated carbocycles. The summed E-state index contributed by atoms with van der Waals surface area (Å²) in [5.41, 5.74) is 0. The van der Waals surface area contributed by atoms with Gasteiger partial charge in [0, 0.05) is 25.5 Å². The molecule has 1 aliphatic rings. The van der Waals surface area contributed by atoms with Crippen LogP contribution in [0.5, 0.6) is 0 Å². The molecule has 0 spiro atoms. The van der Waals surface area contributed by atoms with Crippen molar-refractivity contribution < 1.29 is 14.7 Å². The van der Waals surface area contributed by atoms with E-state index in [2.05, 4.69) is 0 Å². The molecule has 0 unspecified atom stereocenters. The number of hydrogen-bond acceptors (Lipinski definition) is 2. The van der Waals surface area contributed by atoms with E-state index < -0.39 is 11.9 Å². The summed E-state index contributed by atoms with van der Waals surface area (Å²) < 4.78 is 1.79. The number of carboxylic acids is 1. The summed E-state index contributed by atoms with van der Waals surface area (Å²) in [7, 11) is 0.